The minimum absolute atomic E-state index is 0.0839. The van der Waals surface area contributed by atoms with Crippen molar-refractivity contribution in [3.8, 4) is 6.07 Å². The van der Waals surface area contributed by atoms with Crippen molar-refractivity contribution >= 4 is 17.4 Å². The van der Waals surface area contributed by atoms with Crippen LogP contribution in [0.1, 0.15) is 19.4 Å². The van der Waals surface area contributed by atoms with Gasteiger partial charge in [0.1, 0.15) is 17.7 Å². The van der Waals surface area contributed by atoms with Gasteiger partial charge in [0.25, 0.3) is 0 Å². The lowest BCUT2D eigenvalue weighted by Gasteiger charge is -2.20. The van der Waals surface area contributed by atoms with E-state index < -0.39 is 16.7 Å². The monoisotopic (exact) mass is 277 g/mol. The van der Waals surface area contributed by atoms with Crippen LogP contribution in [-0.2, 0) is 4.79 Å². The Morgan fingerprint density at radius 1 is 1.70 bits per heavy atom. The van der Waals surface area contributed by atoms with E-state index in [0.29, 0.717) is 6.54 Å². The number of nitrogens with one attached hydrogen (secondary N) is 1. The van der Waals surface area contributed by atoms with E-state index in [1.54, 1.807) is 20.0 Å². The number of carbonyl (C=O) groups is 1. The molecule has 1 atom stereocenters. The summed E-state index contributed by atoms with van der Waals surface area (Å²) in [5.41, 5.74) is -0.523. The lowest BCUT2D eigenvalue weighted by atomic mass is 10.2. The Kier molecular flexibility index (Phi) is 4.97. The summed E-state index contributed by atoms with van der Waals surface area (Å²) in [7, 11) is 1.63. The molecule has 1 rings (SSSR count). The Hall–Kier alpha value is -2.69. The fourth-order valence-corrected chi connectivity index (χ4v) is 1.59. The van der Waals surface area contributed by atoms with E-state index in [2.05, 4.69) is 10.3 Å². The highest BCUT2D eigenvalue weighted by atomic mass is 16.6. The van der Waals surface area contributed by atoms with E-state index in [0.717, 1.165) is 0 Å². The minimum atomic E-state index is -0.686. The molecular weight excluding hydrogens is 262 g/mol. The van der Waals surface area contributed by atoms with E-state index in [-0.39, 0.29) is 17.3 Å². The summed E-state index contributed by atoms with van der Waals surface area (Å²) in [5.74, 6) is -0.301. The molecular formula is C12H15N5O3. The zero-order valence-electron chi connectivity index (χ0n) is 11.5. The van der Waals surface area contributed by atoms with Crippen molar-refractivity contribution in [3.05, 3.63) is 27.9 Å². The summed E-state index contributed by atoms with van der Waals surface area (Å²) in [6.07, 6.45) is 1.29. The average molecular weight is 277 g/mol. The van der Waals surface area contributed by atoms with Crippen LogP contribution in [0.2, 0.25) is 0 Å². The molecule has 0 saturated carbocycles. The molecule has 0 aromatic carbocycles. The number of aromatic nitrogens is 1. The molecule has 0 fully saturated rings. The zero-order valence-corrected chi connectivity index (χ0v) is 11.5. The van der Waals surface area contributed by atoms with Crippen molar-refractivity contribution in [1.29, 1.82) is 5.26 Å². The molecule has 0 spiro atoms. The number of likely N-dealkylation sites (N-methyl/N-ethyl adjacent to an activating group) is 1. The first-order valence-corrected chi connectivity index (χ1v) is 5.97. The van der Waals surface area contributed by atoms with Crippen molar-refractivity contribution in [2.75, 3.05) is 18.9 Å². The van der Waals surface area contributed by atoms with Crippen LogP contribution in [0.25, 0.3) is 0 Å². The van der Waals surface area contributed by atoms with Crippen LogP contribution in [0, 0.1) is 21.4 Å². The van der Waals surface area contributed by atoms with Crippen LogP contribution in [0.15, 0.2) is 12.3 Å². The van der Waals surface area contributed by atoms with Gasteiger partial charge in [-0.25, -0.2) is 4.98 Å². The van der Waals surface area contributed by atoms with Crippen molar-refractivity contribution in [3.63, 3.8) is 0 Å². The van der Waals surface area contributed by atoms with Gasteiger partial charge in [0, 0.05) is 19.8 Å². The highest BCUT2D eigenvalue weighted by Gasteiger charge is 2.25. The van der Waals surface area contributed by atoms with Gasteiger partial charge < -0.3 is 10.2 Å². The summed E-state index contributed by atoms with van der Waals surface area (Å²) in [6.45, 7) is 3.93. The first-order chi connectivity index (χ1) is 9.42. The number of carbonyl (C=O) groups excluding carboxylic acids is 1. The SMILES string of the molecule is CCN(C)C(=O)C(C)Nc1nccc(C#N)c1[N+](=O)[O-]. The number of rotatable bonds is 5. The Morgan fingerprint density at radius 3 is 2.85 bits per heavy atom. The predicted molar refractivity (Wildman–Crippen MR) is 72.0 cm³/mol. The molecule has 1 unspecified atom stereocenters. The molecule has 8 heteroatoms. The molecule has 8 nitrogen and oxygen atoms in total. The largest absolute Gasteiger partial charge is 0.353 e. The number of nitro groups is 1. The molecule has 0 aliphatic heterocycles. The minimum Gasteiger partial charge on any atom is -0.353 e. The number of nitrogens with zero attached hydrogens (tertiary/aromatic N) is 4. The van der Waals surface area contributed by atoms with Crippen LogP contribution in [-0.4, -0.2) is 40.3 Å². The second-order valence-corrected chi connectivity index (χ2v) is 4.14. The van der Waals surface area contributed by atoms with Gasteiger partial charge in [-0.3, -0.25) is 14.9 Å². The quantitative estimate of drug-likeness (QED) is 0.638. The lowest BCUT2D eigenvalue weighted by molar-refractivity contribution is -0.384. The zero-order chi connectivity index (χ0) is 15.3. The third-order valence-corrected chi connectivity index (χ3v) is 2.80. The first-order valence-electron chi connectivity index (χ1n) is 5.97. The number of hydrogen-bond donors (Lipinski definition) is 1. The maximum Gasteiger partial charge on any atom is 0.328 e. The standard InChI is InChI=1S/C12H15N5O3/c1-4-16(3)12(18)8(2)15-11-10(17(19)20)9(7-13)5-6-14-11/h5-6,8H,4H2,1-3H3,(H,14,15). The van der Waals surface area contributed by atoms with E-state index in [1.165, 1.54) is 17.2 Å². The molecule has 1 N–H and O–H groups in total. The van der Waals surface area contributed by atoms with Crippen LogP contribution < -0.4 is 5.32 Å². The molecule has 20 heavy (non-hydrogen) atoms. The maximum absolute atomic E-state index is 11.9. The van der Waals surface area contributed by atoms with Gasteiger partial charge in [-0.1, -0.05) is 0 Å². The van der Waals surface area contributed by atoms with Gasteiger partial charge in [0.05, 0.1) is 4.92 Å². The lowest BCUT2D eigenvalue weighted by Crippen LogP contribution is -2.39. The number of anilines is 1. The first kappa shape index (κ1) is 15.4. The van der Waals surface area contributed by atoms with E-state index in [1.807, 2.05) is 6.92 Å². The number of pyridine rings is 1. The molecule has 1 heterocycles. The Balaban J connectivity index is 3.07. The Bertz CT molecular complexity index is 567. The summed E-state index contributed by atoms with van der Waals surface area (Å²) >= 11 is 0. The van der Waals surface area contributed by atoms with Crippen LogP contribution in [0.5, 0.6) is 0 Å². The van der Waals surface area contributed by atoms with E-state index in [9.17, 15) is 14.9 Å². The fourth-order valence-electron chi connectivity index (χ4n) is 1.59. The number of nitriles is 1. The van der Waals surface area contributed by atoms with Gasteiger partial charge >= 0.3 is 5.69 Å². The van der Waals surface area contributed by atoms with Crippen molar-refractivity contribution in [1.82, 2.24) is 9.88 Å². The molecule has 0 bridgehead atoms. The van der Waals surface area contributed by atoms with E-state index >= 15 is 0 Å². The molecule has 1 aromatic rings. The third-order valence-electron chi connectivity index (χ3n) is 2.80. The van der Waals surface area contributed by atoms with Crippen LogP contribution >= 0.6 is 0 Å². The predicted octanol–water partition coefficient (Wildman–Crippen LogP) is 1.14. The molecule has 1 aromatic heterocycles. The molecule has 1 amide bonds. The molecule has 0 saturated heterocycles. The maximum atomic E-state index is 11.9. The fraction of sp³-hybridized carbons (Fsp3) is 0.417. The van der Waals surface area contributed by atoms with Crippen LogP contribution in [0.3, 0.4) is 0 Å². The third kappa shape index (κ3) is 3.20. The van der Waals surface area contributed by atoms with Crippen molar-refractivity contribution in [2.24, 2.45) is 0 Å². The van der Waals surface area contributed by atoms with Gasteiger partial charge in [-0.05, 0) is 19.9 Å². The average Bonchev–Trinajstić information content (AvgIpc) is 2.44. The smallest absolute Gasteiger partial charge is 0.328 e. The summed E-state index contributed by atoms with van der Waals surface area (Å²) in [5, 5.41) is 22.6. The number of hydrogen-bond acceptors (Lipinski definition) is 6. The molecule has 0 aliphatic rings. The summed E-state index contributed by atoms with van der Waals surface area (Å²) in [4.78, 5) is 27.6. The van der Waals surface area contributed by atoms with Crippen molar-refractivity contribution < 1.29 is 9.72 Å². The molecule has 0 radical (unpaired) electrons. The summed E-state index contributed by atoms with van der Waals surface area (Å²) < 4.78 is 0. The Morgan fingerprint density at radius 2 is 2.35 bits per heavy atom. The summed E-state index contributed by atoms with van der Waals surface area (Å²) in [6, 6.07) is 2.31. The highest BCUT2D eigenvalue weighted by molar-refractivity contribution is 5.84. The normalized spacial score (nSPS) is 11.3. The van der Waals surface area contributed by atoms with Crippen molar-refractivity contribution in [2.45, 2.75) is 19.9 Å². The highest BCUT2D eigenvalue weighted by Crippen LogP contribution is 2.26. The van der Waals surface area contributed by atoms with Gasteiger partial charge in [-0.15, -0.1) is 0 Å². The second kappa shape index (κ2) is 6.47. The Labute approximate surface area is 116 Å². The second-order valence-electron chi connectivity index (χ2n) is 4.14. The van der Waals surface area contributed by atoms with Gasteiger partial charge in [-0.2, -0.15) is 5.26 Å². The van der Waals surface area contributed by atoms with E-state index in [4.69, 9.17) is 5.26 Å². The van der Waals surface area contributed by atoms with Crippen LogP contribution in [0.4, 0.5) is 11.5 Å². The number of amides is 1. The molecule has 0 aliphatic carbocycles. The van der Waals surface area contributed by atoms with Gasteiger partial charge in [0.15, 0.2) is 0 Å². The topological polar surface area (TPSA) is 112 Å². The molecule has 106 valence electrons. The van der Waals surface area contributed by atoms with Gasteiger partial charge in [0.2, 0.25) is 11.7 Å².